The Morgan fingerprint density at radius 3 is 2.68 bits per heavy atom. The maximum atomic E-state index is 12.4. The number of amides is 1. The molecule has 180 valence electrons. The molecule has 1 saturated heterocycles. The van der Waals surface area contributed by atoms with Gasteiger partial charge in [-0.05, 0) is 68.1 Å². The highest BCUT2D eigenvalue weighted by Crippen LogP contribution is 2.34. The molecule has 8 heteroatoms. The van der Waals surface area contributed by atoms with Gasteiger partial charge in [-0.1, -0.05) is 48.2 Å². The minimum Gasteiger partial charge on any atom is -0.352 e. The molecular weight excluding hydrogens is 487 g/mol. The van der Waals surface area contributed by atoms with Gasteiger partial charge in [-0.15, -0.1) is 24.8 Å². The first-order valence-electron chi connectivity index (χ1n) is 11.3. The SMILES string of the molecule is Cl.Cl.O=C(C=CC1=Cc2cnc3cccc(n23)S1)NCC1CCN(CCc2ccccc2)CC1. The van der Waals surface area contributed by atoms with Crippen LogP contribution in [0.2, 0.25) is 0 Å². The Morgan fingerprint density at radius 1 is 1.09 bits per heavy atom. The van der Waals surface area contributed by atoms with Crippen LogP contribution in [-0.4, -0.2) is 46.4 Å². The molecule has 0 saturated carbocycles. The van der Waals surface area contributed by atoms with Gasteiger partial charge in [0, 0.05) is 24.1 Å². The highest BCUT2D eigenvalue weighted by Gasteiger charge is 2.19. The Bertz CT molecular complexity index is 1150. The van der Waals surface area contributed by atoms with Crippen molar-refractivity contribution in [2.45, 2.75) is 24.3 Å². The number of nitrogens with zero attached hydrogens (tertiary/aromatic N) is 3. The summed E-state index contributed by atoms with van der Waals surface area (Å²) in [6.45, 7) is 4.11. The molecule has 0 radical (unpaired) electrons. The fraction of sp³-hybridized carbons (Fsp3) is 0.308. The number of hydrogen-bond donors (Lipinski definition) is 1. The summed E-state index contributed by atoms with van der Waals surface area (Å²) in [5.41, 5.74) is 3.41. The van der Waals surface area contributed by atoms with E-state index >= 15 is 0 Å². The van der Waals surface area contributed by atoms with Crippen LogP contribution in [0.1, 0.15) is 24.1 Å². The average molecular weight is 518 g/mol. The van der Waals surface area contributed by atoms with Crippen molar-refractivity contribution in [3.63, 3.8) is 0 Å². The number of piperidine rings is 1. The number of carbonyl (C=O) groups excluding carboxylic acids is 1. The third-order valence-electron chi connectivity index (χ3n) is 6.26. The Morgan fingerprint density at radius 2 is 1.88 bits per heavy atom. The van der Waals surface area contributed by atoms with Gasteiger partial charge < -0.3 is 10.2 Å². The second-order valence-electron chi connectivity index (χ2n) is 8.49. The number of imidazole rings is 1. The molecule has 2 aliphatic heterocycles. The summed E-state index contributed by atoms with van der Waals surface area (Å²) >= 11 is 1.66. The van der Waals surface area contributed by atoms with Crippen molar-refractivity contribution >= 4 is 54.2 Å². The second kappa shape index (κ2) is 12.5. The number of halogens is 2. The molecule has 5 nitrogen and oxygen atoms in total. The van der Waals surface area contributed by atoms with Gasteiger partial charge in [0.05, 0.1) is 16.9 Å². The van der Waals surface area contributed by atoms with E-state index in [0.29, 0.717) is 5.92 Å². The number of nitrogens with one attached hydrogen (secondary N) is 1. The number of thioether (sulfide) groups is 1. The molecule has 0 unspecified atom stereocenters. The van der Waals surface area contributed by atoms with E-state index in [1.165, 1.54) is 5.56 Å². The van der Waals surface area contributed by atoms with Gasteiger partial charge in [-0.2, -0.15) is 0 Å². The normalized spacial score (nSPS) is 16.1. The molecule has 1 aromatic carbocycles. The summed E-state index contributed by atoms with van der Waals surface area (Å²) < 4.78 is 2.13. The number of pyridine rings is 1. The molecule has 34 heavy (non-hydrogen) atoms. The number of benzene rings is 1. The van der Waals surface area contributed by atoms with Crippen molar-refractivity contribution in [2.75, 3.05) is 26.2 Å². The molecule has 3 aromatic rings. The number of carbonyl (C=O) groups is 1. The first kappa shape index (κ1) is 26.4. The van der Waals surface area contributed by atoms with E-state index in [0.717, 1.165) is 66.7 Å². The third kappa shape index (κ3) is 6.45. The van der Waals surface area contributed by atoms with E-state index in [4.69, 9.17) is 0 Å². The van der Waals surface area contributed by atoms with Crippen LogP contribution in [0.5, 0.6) is 0 Å². The summed E-state index contributed by atoms with van der Waals surface area (Å²) in [7, 11) is 0. The molecule has 1 fully saturated rings. The summed E-state index contributed by atoms with van der Waals surface area (Å²) in [6, 6.07) is 16.8. The van der Waals surface area contributed by atoms with E-state index in [1.54, 1.807) is 17.8 Å². The fourth-order valence-electron chi connectivity index (χ4n) is 4.40. The molecule has 1 N–H and O–H groups in total. The van der Waals surface area contributed by atoms with Gasteiger partial charge >= 0.3 is 0 Å². The van der Waals surface area contributed by atoms with Crippen LogP contribution in [0.25, 0.3) is 11.7 Å². The smallest absolute Gasteiger partial charge is 0.244 e. The molecule has 2 aromatic heterocycles. The molecule has 5 rings (SSSR count). The van der Waals surface area contributed by atoms with E-state index in [1.807, 2.05) is 24.4 Å². The Hall–Kier alpha value is -2.25. The third-order valence-corrected chi connectivity index (χ3v) is 7.28. The first-order valence-corrected chi connectivity index (χ1v) is 12.1. The van der Waals surface area contributed by atoms with Crippen molar-refractivity contribution in [1.29, 1.82) is 0 Å². The van der Waals surface area contributed by atoms with Crippen LogP contribution in [-0.2, 0) is 11.2 Å². The van der Waals surface area contributed by atoms with Gasteiger partial charge in [0.2, 0.25) is 5.91 Å². The topological polar surface area (TPSA) is 49.6 Å². The fourth-order valence-corrected chi connectivity index (χ4v) is 5.39. The zero-order valence-corrected chi connectivity index (χ0v) is 21.4. The van der Waals surface area contributed by atoms with Crippen LogP contribution in [0.15, 0.2) is 76.8 Å². The number of likely N-dealkylation sites (tertiary alicyclic amines) is 1. The van der Waals surface area contributed by atoms with Crippen molar-refractivity contribution in [2.24, 2.45) is 5.92 Å². The lowest BCUT2D eigenvalue weighted by atomic mass is 9.96. The number of rotatable bonds is 7. The maximum absolute atomic E-state index is 12.4. The number of allylic oxidation sites excluding steroid dienone is 1. The lowest BCUT2D eigenvalue weighted by Gasteiger charge is -2.32. The molecule has 4 heterocycles. The van der Waals surface area contributed by atoms with Crippen LogP contribution in [0.3, 0.4) is 0 Å². The molecule has 0 bridgehead atoms. The molecular formula is C26H30Cl2N4OS. The van der Waals surface area contributed by atoms with Gasteiger partial charge in [0.25, 0.3) is 0 Å². The monoisotopic (exact) mass is 516 g/mol. The van der Waals surface area contributed by atoms with Crippen LogP contribution < -0.4 is 5.32 Å². The number of aromatic nitrogens is 2. The van der Waals surface area contributed by atoms with Gasteiger partial charge in [0.1, 0.15) is 5.65 Å². The number of hydrogen-bond acceptors (Lipinski definition) is 4. The summed E-state index contributed by atoms with van der Waals surface area (Å²) in [5.74, 6) is 0.547. The molecule has 0 atom stereocenters. The molecule has 0 spiro atoms. The highest BCUT2D eigenvalue weighted by atomic mass is 35.5. The van der Waals surface area contributed by atoms with Crippen LogP contribution >= 0.6 is 36.6 Å². The minimum absolute atomic E-state index is 0. The summed E-state index contributed by atoms with van der Waals surface area (Å²) in [4.78, 5) is 20.4. The molecule has 2 aliphatic rings. The van der Waals surface area contributed by atoms with Crippen molar-refractivity contribution < 1.29 is 4.79 Å². The predicted octanol–water partition coefficient (Wildman–Crippen LogP) is 5.25. The Balaban J connectivity index is 0.00000162. The summed E-state index contributed by atoms with van der Waals surface area (Å²) in [6.07, 6.45) is 10.9. The Kier molecular flexibility index (Phi) is 9.65. The van der Waals surface area contributed by atoms with Crippen molar-refractivity contribution in [3.8, 4) is 0 Å². The lowest BCUT2D eigenvalue weighted by molar-refractivity contribution is -0.116. The first-order chi connectivity index (χ1) is 15.7. The Labute approximate surface area is 217 Å². The largest absolute Gasteiger partial charge is 0.352 e. The zero-order chi connectivity index (χ0) is 21.8. The molecule has 1 amide bonds. The standard InChI is InChI=1S/C26H28N4OS.2ClH/c31-25(10-9-23-17-22-19-27-24-7-4-8-26(32-23)30(22)24)28-18-21-12-15-29(16-13-21)14-11-20-5-2-1-3-6-20;;/h1-10,17,19,21H,11-16,18H2,(H,28,31);2*1H. The minimum atomic E-state index is -0.0182. The quantitative estimate of drug-likeness (QED) is 0.435. The van der Waals surface area contributed by atoms with Crippen LogP contribution in [0, 0.1) is 5.92 Å². The van der Waals surface area contributed by atoms with E-state index < -0.39 is 0 Å². The van der Waals surface area contributed by atoms with Crippen molar-refractivity contribution in [3.05, 3.63) is 83.0 Å². The molecule has 0 aliphatic carbocycles. The van der Waals surface area contributed by atoms with E-state index in [9.17, 15) is 4.79 Å². The predicted molar refractivity (Wildman–Crippen MR) is 145 cm³/mol. The van der Waals surface area contributed by atoms with Gasteiger partial charge in [0.15, 0.2) is 0 Å². The van der Waals surface area contributed by atoms with E-state index in [2.05, 4.69) is 62.1 Å². The average Bonchev–Trinajstić information content (AvgIpc) is 3.26. The van der Waals surface area contributed by atoms with Gasteiger partial charge in [-0.25, -0.2) is 4.98 Å². The van der Waals surface area contributed by atoms with Crippen LogP contribution in [0.4, 0.5) is 0 Å². The maximum Gasteiger partial charge on any atom is 0.244 e. The lowest BCUT2D eigenvalue weighted by Crippen LogP contribution is -2.39. The van der Waals surface area contributed by atoms with Crippen molar-refractivity contribution in [1.82, 2.24) is 19.6 Å². The summed E-state index contributed by atoms with van der Waals surface area (Å²) in [5, 5.41) is 4.22. The second-order valence-corrected chi connectivity index (χ2v) is 9.58. The highest BCUT2D eigenvalue weighted by molar-refractivity contribution is 8.03. The van der Waals surface area contributed by atoms with Gasteiger partial charge in [-0.3, -0.25) is 9.20 Å². The zero-order valence-electron chi connectivity index (χ0n) is 18.9. The van der Waals surface area contributed by atoms with E-state index in [-0.39, 0.29) is 30.7 Å².